The first-order valence-electron chi connectivity index (χ1n) is 6.31. The van der Waals surface area contributed by atoms with Crippen LogP contribution in [0.25, 0.3) is 0 Å². The van der Waals surface area contributed by atoms with Gasteiger partial charge in [0, 0.05) is 5.56 Å². The van der Waals surface area contributed by atoms with Crippen molar-refractivity contribution in [3.63, 3.8) is 0 Å². The van der Waals surface area contributed by atoms with Crippen LogP contribution in [0.2, 0.25) is 0 Å². The molecule has 1 aromatic rings. The van der Waals surface area contributed by atoms with Crippen LogP contribution in [-0.2, 0) is 4.74 Å². The molecule has 0 aromatic heterocycles. The topological polar surface area (TPSA) is 67.4 Å². The fraction of sp³-hybridized carbons (Fsp3) is 0.429. The number of ketones is 1. The highest BCUT2D eigenvalue weighted by Crippen LogP contribution is 2.21. The fourth-order valence-corrected chi connectivity index (χ4v) is 1.52. The van der Waals surface area contributed by atoms with Crippen molar-refractivity contribution in [3.05, 3.63) is 29.3 Å². The highest BCUT2D eigenvalue weighted by atomic mass is 19.2. The van der Waals surface area contributed by atoms with E-state index in [1.54, 1.807) is 27.8 Å². The van der Waals surface area contributed by atoms with Crippen LogP contribution < -0.4 is 10.6 Å². The second-order valence-electron chi connectivity index (χ2n) is 5.40. The molecular weight excluding hydrogens is 282 g/mol. The number of anilines is 1. The number of nitrogens with one attached hydrogen (secondary N) is 2. The van der Waals surface area contributed by atoms with E-state index >= 15 is 0 Å². The molecule has 1 amide bonds. The van der Waals surface area contributed by atoms with Gasteiger partial charge >= 0.3 is 6.09 Å². The Bertz CT molecular complexity index is 554. The highest BCUT2D eigenvalue weighted by Gasteiger charge is 2.20. The predicted molar refractivity (Wildman–Crippen MR) is 74.5 cm³/mol. The van der Waals surface area contributed by atoms with Crippen LogP contribution in [0, 0.1) is 11.6 Å². The van der Waals surface area contributed by atoms with Gasteiger partial charge in [-0.05, 0) is 40.0 Å². The maximum atomic E-state index is 13.7. The smallest absolute Gasteiger partial charge is 0.412 e. The van der Waals surface area contributed by atoms with Crippen molar-refractivity contribution in [2.45, 2.75) is 26.4 Å². The monoisotopic (exact) mass is 300 g/mol. The molecule has 0 aliphatic carbocycles. The van der Waals surface area contributed by atoms with Crippen LogP contribution in [-0.4, -0.2) is 31.1 Å². The molecule has 0 saturated heterocycles. The largest absolute Gasteiger partial charge is 0.444 e. The molecule has 0 unspecified atom stereocenters. The molecule has 7 heteroatoms. The molecule has 0 bridgehead atoms. The molecule has 0 radical (unpaired) electrons. The van der Waals surface area contributed by atoms with Gasteiger partial charge < -0.3 is 10.1 Å². The van der Waals surface area contributed by atoms with Gasteiger partial charge in [-0.3, -0.25) is 10.1 Å². The van der Waals surface area contributed by atoms with E-state index in [0.29, 0.717) is 0 Å². The summed E-state index contributed by atoms with van der Waals surface area (Å²) in [6.45, 7) is 4.88. The Morgan fingerprint density at radius 1 is 1.24 bits per heavy atom. The van der Waals surface area contributed by atoms with E-state index in [1.165, 1.54) is 0 Å². The van der Waals surface area contributed by atoms with Gasteiger partial charge in [0.15, 0.2) is 17.4 Å². The van der Waals surface area contributed by atoms with Gasteiger partial charge in [-0.15, -0.1) is 0 Å². The third-order valence-electron chi connectivity index (χ3n) is 2.32. The van der Waals surface area contributed by atoms with Crippen LogP contribution in [0.4, 0.5) is 19.3 Å². The van der Waals surface area contributed by atoms with Gasteiger partial charge in [-0.25, -0.2) is 13.6 Å². The summed E-state index contributed by atoms with van der Waals surface area (Å²) in [7, 11) is 1.55. The molecule has 116 valence electrons. The summed E-state index contributed by atoms with van der Waals surface area (Å²) in [5, 5.41) is 4.71. The Morgan fingerprint density at radius 2 is 1.86 bits per heavy atom. The van der Waals surface area contributed by atoms with Crippen molar-refractivity contribution >= 4 is 17.6 Å². The average Bonchev–Trinajstić information content (AvgIpc) is 2.32. The molecule has 0 atom stereocenters. The molecule has 0 fully saturated rings. The van der Waals surface area contributed by atoms with Crippen LogP contribution in [0.5, 0.6) is 0 Å². The molecule has 0 aliphatic heterocycles. The van der Waals surface area contributed by atoms with E-state index in [9.17, 15) is 18.4 Å². The number of benzene rings is 1. The first kappa shape index (κ1) is 17.0. The summed E-state index contributed by atoms with van der Waals surface area (Å²) in [6, 6.07) is 1.86. The third-order valence-corrected chi connectivity index (χ3v) is 2.32. The summed E-state index contributed by atoms with van der Waals surface area (Å²) < 4.78 is 32.1. The van der Waals surface area contributed by atoms with E-state index < -0.39 is 34.8 Å². The highest BCUT2D eigenvalue weighted by molar-refractivity contribution is 5.99. The van der Waals surface area contributed by atoms with Gasteiger partial charge in [-0.2, -0.15) is 0 Å². The van der Waals surface area contributed by atoms with E-state index in [4.69, 9.17) is 4.74 Å². The quantitative estimate of drug-likeness (QED) is 0.839. The van der Waals surface area contributed by atoms with Crippen molar-refractivity contribution < 1.29 is 23.1 Å². The number of hydrogen-bond acceptors (Lipinski definition) is 4. The van der Waals surface area contributed by atoms with Gasteiger partial charge in [0.2, 0.25) is 0 Å². The Labute approximate surface area is 121 Å². The first-order valence-corrected chi connectivity index (χ1v) is 6.31. The third kappa shape index (κ3) is 5.11. The van der Waals surface area contributed by atoms with E-state index in [-0.39, 0.29) is 12.1 Å². The van der Waals surface area contributed by atoms with Crippen molar-refractivity contribution in [1.82, 2.24) is 5.32 Å². The number of hydrogen-bond donors (Lipinski definition) is 2. The number of likely N-dealkylation sites (N-methyl/N-ethyl adjacent to an activating group) is 1. The second-order valence-corrected chi connectivity index (χ2v) is 5.40. The molecule has 0 heterocycles. The number of Topliss-reactive ketones (excluding diaryl/α,β-unsaturated/α-hetero) is 1. The Kier molecular flexibility index (Phi) is 5.37. The molecule has 1 rings (SSSR count). The maximum absolute atomic E-state index is 13.7. The second kappa shape index (κ2) is 6.62. The zero-order valence-corrected chi connectivity index (χ0v) is 12.3. The summed E-state index contributed by atoms with van der Waals surface area (Å²) in [5.41, 5.74) is -1.27. The number of carbonyl (C=O) groups is 2. The van der Waals surface area contributed by atoms with E-state index in [0.717, 1.165) is 12.1 Å². The lowest BCUT2D eigenvalue weighted by Gasteiger charge is -2.20. The van der Waals surface area contributed by atoms with E-state index in [2.05, 4.69) is 10.6 Å². The summed E-state index contributed by atoms with van der Waals surface area (Å²) in [6.07, 6.45) is -0.931. The molecule has 0 saturated carbocycles. The summed E-state index contributed by atoms with van der Waals surface area (Å²) in [5.74, 6) is -2.89. The Hall–Kier alpha value is -2.02. The molecule has 21 heavy (non-hydrogen) atoms. The van der Waals surface area contributed by atoms with Crippen molar-refractivity contribution in [2.24, 2.45) is 0 Å². The molecular formula is C14H18F2N2O3. The lowest BCUT2D eigenvalue weighted by Crippen LogP contribution is -2.27. The Morgan fingerprint density at radius 3 is 2.38 bits per heavy atom. The summed E-state index contributed by atoms with van der Waals surface area (Å²) >= 11 is 0. The minimum Gasteiger partial charge on any atom is -0.444 e. The minimum absolute atomic E-state index is 0.0308. The van der Waals surface area contributed by atoms with Gasteiger partial charge in [0.25, 0.3) is 0 Å². The molecule has 1 aromatic carbocycles. The van der Waals surface area contributed by atoms with Gasteiger partial charge in [0.05, 0.1) is 12.2 Å². The number of ether oxygens (including phenoxy) is 1. The molecule has 0 aliphatic rings. The summed E-state index contributed by atoms with van der Waals surface area (Å²) in [4.78, 5) is 23.3. The fourth-order valence-electron chi connectivity index (χ4n) is 1.52. The molecule has 5 nitrogen and oxygen atoms in total. The lowest BCUT2D eigenvalue weighted by molar-refractivity contribution is 0.0634. The first-order chi connectivity index (χ1) is 9.64. The maximum Gasteiger partial charge on any atom is 0.412 e. The van der Waals surface area contributed by atoms with Crippen molar-refractivity contribution in [3.8, 4) is 0 Å². The van der Waals surface area contributed by atoms with E-state index in [1.807, 2.05) is 0 Å². The lowest BCUT2D eigenvalue weighted by atomic mass is 10.1. The van der Waals surface area contributed by atoms with Crippen LogP contribution in [0.3, 0.4) is 0 Å². The van der Waals surface area contributed by atoms with Gasteiger partial charge in [-0.1, -0.05) is 0 Å². The number of carbonyl (C=O) groups excluding carboxylic acids is 2. The van der Waals surface area contributed by atoms with Crippen LogP contribution in [0.15, 0.2) is 12.1 Å². The average molecular weight is 300 g/mol. The SMILES string of the molecule is CNCC(=O)c1cc(F)c(F)c(NC(=O)OC(C)(C)C)c1. The molecule has 0 spiro atoms. The number of rotatable bonds is 4. The number of halogens is 2. The van der Waals surface area contributed by atoms with Gasteiger partial charge in [0.1, 0.15) is 5.60 Å². The zero-order valence-electron chi connectivity index (χ0n) is 12.3. The van der Waals surface area contributed by atoms with Crippen LogP contribution >= 0.6 is 0 Å². The minimum atomic E-state index is -1.25. The van der Waals surface area contributed by atoms with Crippen LogP contribution in [0.1, 0.15) is 31.1 Å². The van der Waals surface area contributed by atoms with Crippen molar-refractivity contribution in [2.75, 3.05) is 18.9 Å². The standard InChI is InChI=1S/C14H18F2N2O3/c1-14(2,3)21-13(20)18-10-6-8(11(19)7-17-4)5-9(15)12(10)16/h5-6,17H,7H2,1-4H3,(H,18,20). The zero-order chi connectivity index (χ0) is 16.2. The van der Waals surface area contributed by atoms with Crippen molar-refractivity contribution in [1.29, 1.82) is 0 Å². The Balaban J connectivity index is 3.01. The number of amides is 1. The normalized spacial score (nSPS) is 11.1. The molecule has 2 N–H and O–H groups in total. The predicted octanol–water partition coefficient (Wildman–Crippen LogP) is 2.71.